The Hall–Kier alpha value is -2.15. The van der Waals surface area contributed by atoms with Gasteiger partial charge >= 0.3 is 0 Å². The molecule has 5 rings (SSSR count). The van der Waals surface area contributed by atoms with Crippen molar-refractivity contribution in [3.8, 4) is 0 Å². The first-order chi connectivity index (χ1) is 15.1. The first-order valence-electron chi connectivity index (χ1n) is 11.4. The Labute approximate surface area is 189 Å². The molecule has 0 bridgehead atoms. The van der Waals surface area contributed by atoms with Crippen molar-refractivity contribution < 1.29 is 0 Å². The Balaban J connectivity index is 1.38. The van der Waals surface area contributed by atoms with Gasteiger partial charge in [0.15, 0.2) is 0 Å². The fourth-order valence-electron chi connectivity index (χ4n) is 5.11. The number of piperidine rings is 2. The van der Waals surface area contributed by atoms with E-state index in [1.165, 1.54) is 18.5 Å². The summed E-state index contributed by atoms with van der Waals surface area (Å²) in [6.45, 7) is 2.16. The van der Waals surface area contributed by atoms with Crippen LogP contribution in [0.2, 0.25) is 5.02 Å². The molecule has 31 heavy (non-hydrogen) atoms. The Morgan fingerprint density at radius 3 is 2.61 bits per heavy atom. The molecule has 3 aromatic rings. The Bertz CT molecular complexity index is 1040. The van der Waals surface area contributed by atoms with Crippen molar-refractivity contribution in [3.63, 3.8) is 0 Å². The summed E-state index contributed by atoms with van der Waals surface area (Å²) in [4.78, 5) is 18.0. The van der Waals surface area contributed by atoms with E-state index >= 15 is 0 Å². The summed E-state index contributed by atoms with van der Waals surface area (Å²) in [7, 11) is 4.37. The average molecular weight is 439 g/mol. The molecule has 2 aliphatic rings. The molecule has 2 aliphatic heterocycles. The zero-order valence-corrected chi connectivity index (χ0v) is 19.1. The largest absolute Gasteiger partial charge is 0.370 e. The molecule has 0 aliphatic carbocycles. The van der Waals surface area contributed by atoms with Gasteiger partial charge in [0.05, 0.1) is 39.5 Å². The van der Waals surface area contributed by atoms with Gasteiger partial charge in [0.2, 0.25) is 0 Å². The summed E-state index contributed by atoms with van der Waals surface area (Å²) in [6, 6.07) is 11.3. The maximum Gasteiger partial charge on any atom is 0.124 e. The molecule has 0 saturated carbocycles. The Morgan fingerprint density at radius 2 is 1.84 bits per heavy atom. The van der Waals surface area contributed by atoms with Gasteiger partial charge in [0, 0.05) is 25.3 Å². The zero-order valence-electron chi connectivity index (χ0n) is 18.3. The molecule has 6 nitrogen and oxygen atoms in total. The third-order valence-corrected chi connectivity index (χ3v) is 7.20. The summed E-state index contributed by atoms with van der Waals surface area (Å²) in [6.07, 6.45) is 7.43. The van der Waals surface area contributed by atoms with Crippen molar-refractivity contribution in [1.82, 2.24) is 25.2 Å². The summed E-state index contributed by atoms with van der Waals surface area (Å²) in [5, 5.41) is 4.48. The summed E-state index contributed by atoms with van der Waals surface area (Å²) in [5.74, 6) is 1.02. The van der Waals surface area contributed by atoms with Crippen LogP contribution in [0.25, 0.3) is 11.0 Å². The van der Waals surface area contributed by atoms with Gasteiger partial charge in [-0.15, -0.1) is 0 Å². The number of nitrogens with one attached hydrogen (secondary N) is 2. The number of para-hydroxylation sites is 1. The van der Waals surface area contributed by atoms with Gasteiger partial charge < -0.3 is 14.8 Å². The minimum Gasteiger partial charge on any atom is -0.370 e. The van der Waals surface area contributed by atoms with E-state index in [2.05, 4.69) is 57.4 Å². The summed E-state index contributed by atoms with van der Waals surface area (Å²) in [5.41, 5.74) is 4.41. The van der Waals surface area contributed by atoms with E-state index < -0.39 is 0 Å². The Kier molecular flexibility index (Phi) is 5.87. The fourth-order valence-corrected chi connectivity index (χ4v) is 5.36. The minimum absolute atomic E-state index is 0.158. The monoisotopic (exact) mass is 438 g/mol. The van der Waals surface area contributed by atoms with E-state index in [4.69, 9.17) is 16.6 Å². The van der Waals surface area contributed by atoms with Gasteiger partial charge in [-0.3, -0.25) is 10.3 Å². The predicted molar refractivity (Wildman–Crippen MR) is 127 cm³/mol. The maximum absolute atomic E-state index is 6.42. The fraction of sp³-hybridized carbons (Fsp3) is 0.500. The van der Waals surface area contributed by atoms with E-state index in [0.29, 0.717) is 6.04 Å². The van der Waals surface area contributed by atoms with Crippen molar-refractivity contribution in [3.05, 3.63) is 53.1 Å². The SMILES string of the molecule is CN(C)C1CCN(c2cccc3nc([C@H]4CCC[C@@H](c5ncccc5Cl)N4)[nH]c23)CC1. The minimum atomic E-state index is 0.158. The number of aromatic nitrogens is 3. The molecule has 0 unspecified atom stereocenters. The van der Waals surface area contributed by atoms with Crippen LogP contribution in [-0.2, 0) is 0 Å². The molecule has 0 amide bonds. The summed E-state index contributed by atoms with van der Waals surface area (Å²) >= 11 is 6.42. The lowest BCUT2D eigenvalue weighted by Crippen LogP contribution is -2.42. The van der Waals surface area contributed by atoms with Crippen molar-refractivity contribution >= 4 is 28.3 Å². The lowest BCUT2D eigenvalue weighted by molar-refractivity contribution is 0.250. The summed E-state index contributed by atoms with van der Waals surface area (Å²) < 4.78 is 0. The number of hydrogen-bond acceptors (Lipinski definition) is 5. The first kappa shape index (κ1) is 20.7. The topological polar surface area (TPSA) is 60.1 Å². The van der Waals surface area contributed by atoms with Gasteiger partial charge in [-0.1, -0.05) is 17.7 Å². The maximum atomic E-state index is 6.42. The van der Waals surface area contributed by atoms with Gasteiger partial charge in [0.1, 0.15) is 5.82 Å². The third-order valence-electron chi connectivity index (χ3n) is 6.88. The number of hydrogen-bond donors (Lipinski definition) is 2. The van der Waals surface area contributed by atoms with Crippen LogP contribution in [0.3, 0.4) is 0 Å². The second-order valence-corrected chi connectivity index (χ2v) is 9.46. The van der Waals surface area contributed by atoms with Crippen LogP contribution in [0.15, 0.2) is 36.5 Å². The molecular formula is C24H31ClN6. The standard InChI is InChI=1S/C24H31ClN6/c1-30(2)16-11-14-31(15-12-16)21-10-4-8-19-23(21)29-24(28-19)20-9-3-7-18(27-20)22-17(25)6-5-13-26-22/h4-6,8,10,13,16,18,20,27H,3,7,9,11-12,14-15H2,1-2H3,(H,28,29)/t18-,20+/m0/s1. The molecular weight excluding hydrogens is 408 g/mol. The van der Waals surface area contributed by atoms with Crippen molar-refractivity contribution in [2.75, 3.05) is 32.1 Å². The second-order valence-electron chi connectivity index (χ2n) is 9.05. The number of rotatable bonds is 4. The molecule has 2 fully saturated rings. The van der Waals surface area contributed by atoms with Crippen LogP contribution in [0, 0.1) is 0 Å². The number of fused-ring (bicyclic) bond motifs is 1. The number of nitrogens with zero attached hydrogens (tertiary/aromatic N) is 4. The number of anilines is 1. The zero-order chi connectivity index (χ0) is 21.4. The molecule has 7 heteroatoms. The van der Waals surface area contributed by atoms with Crippen LogP contribution < -0.4 is 10.2 Å². The van der Waals surface area contributed by atoms with E-state index in [-0.39, 0.29) is 12.1 Å². The molecule has 0 spiro atoms. The van der Waals surface area contributed by atoms with Crippen LogP contribution in [0.1, 0.15) is 55.7 Å². The highest BCUT2D eigenvalue weighted by Crippen LogP contribution is 2.35. The molecule has 0 radical (unpaired) electrons. The van der Waals surface area contributed by atoms with Gasteiger partial charge in [0.25, 0.3) is 0 Å². The van der Waals surface area contributed by atoms with E-state index in [1.807, 2.05) is 18.3 Å². The smallest absolute Gasteiger partial charge is 0.124 e. The van der Waals surface area contributed by atoms with E-state index in [0.717, 1.165) is 59.9 Å². The second kappa shape index (κ2) is 8.77. The lowest BCUT2D eigenvalue weighted by atomic mass is 9.95. The number of aromatic amines is 1. The highest BCUT2D eigenvalue weighted by molar-refractivity contribution is 6.31. The normalized spacial score (nSPS) is 23.0. The van der Waals surface area contributed by atoms with Crippen LogP contribution in [0.4, 0.5) is 5.69 Å². The third kappa shape index (κ3) is 4.16. The number of imidazole rings is 1. The molecule has 2 N–H and O–H groups in total. The van der Waals surface area contributed by atoms with Crippen molar-refractivity contribution in [2.45, 2.75) is 50.2 Å². The van der Waals surface area contributed by atoms with Crippen LogP contribution in [-0.4, -0.2) is 53.1 Å². The lowest BCUT2D eigenvalue weighted by Gasteiger charge is -2.36. The van der Waals surface area contributed by atoms with Gasteiger partial charge in [-0.05, 0) is 70.5 Å². The number of H-pyrrole nitrogens is 1. The molecule has 1 aromatic carbocycles. The molecule has 2 aromatic heterocycles. The van der Waals surface area contributed by atoms with Crippen molar-refractivity contribution in [2.24, 2.45) is 0 Å². The predicted octanol–water partition coefficient (Wildman–Crippen LogP) is 4.70. The van der Waals surface area contributed by atoms with E-state index in [9.17, 15) is 0 Å². The van der Waals surface area contributed by atoms with Crippen LogP contribution >= 0.6 is 11.6 Å². The first-order valence-corrected chi connectivity index (χ1v) is 11.7. The molecule has 4 heterocycles. The van der Waals surface area contributed by atoms with Gasteiger partial charge in [-0.2, -0.15) is 0 Å². The average Bonchev–Trinajstić information content (AvgIpc) is 3.24. The van der Waals surface area contributed by atoms with Gasteiger partial charge in [-0.25, -0.2) is 4.98 Å². The highest BCUT2D eigenvalue weighted by Gasteiger charge is 2.28. The molecule has 164 valence electrons. The van der Waals surface area contributed by atoms with Crippen molar-refractivity contribution in [1.29, 1.82) is 0 Å². The Morgan fingerprint density at radius 1 is 1.03 bits per heavy atom. The van der Waals surface area contributed by atoms with Crippen LogP contribution in [0.5, 0.6) is 0 Å². The molecule has 2 atom stereocenters. The number of benzene rings is 1. The highest BCUT2D eigenvalue weighted by atomic mass is 35.5. The number of halogens is 1. The number of pyridine rings is 1. The van der Waals surface area contributed by atoms with E-state index in [1.54, 1.807) is 0 Å². The quantitative estimate of drug-likeness (QED) is 0.618. The molecule has 2 saturated heterocycles.